The van der Waals surface area contributed by atoms with Gasteiger partial charge in [-0.2, -0.15) is 0 Å². The van der Waals surface area contributed by atoms with E-state index in [2.05, 4.69) is 14.8 Å². The second-order valence-electron chi connectivity index (χ2n) is 13.3. The smallest absolute Gasteiger partial charge is 0.264 e. The van der Waals surface area contributed by atoms with Gasteiger partial charge in [0.1, 0.15) is 18.0 Å². The topological polar surface area (TPSA) is 107 Å². The number of carbonyl (C=O) groups excluding carboxylic acids is 1. The van der Waals surface area contributed by atoms with Crippen molar-refractivity contribution in [2.75, 3.05) is 25.1 Å². The molecule has 3 heterocycles. The lowest BCUT2D eigenvalue weighted by Crippen LogP contribution is -2.51. The number of oxime groups is 1. The molecule has 1 amide bonds. The molecule has 1 spiro atoms. The van der Waals surface area contributed by atoms with Gasteiger partial charge in [0.05, 0.1) is 24.5 Å². The van der Waals surface area contributed by atoms with Gasteiger partial charge in [-0.3, -0.25) is 4.79 Å². The van der Waals surface area contributed by atoms with Crippen LogP contribution >= 0.6 is 11.6 Å². The van der Waals surface area contributed by atoms with Gasteiger partial charge < -0.3 is 19.2 Å². The maximum Gasteiger partial charge on any atom is 0.264 e. The first-order chi connectivity index (χ1) is 21.6. The summed E-state index contributed by atoms with van der Waals surface area (Å²) in [6.07, 6.45) is 7.76. The van der Waals surface area contributed by atoms with Crippen LogP contribution in [0.25, 0.3) is 0 Å². The molecular formula is C34H44ClN3O6S. The van der Waals surface area contributed by atoms with Crippen LogP contribution in [0.4, 0.5) is 5.69 Å². The van der Waals surface area contributed by atoms with Gasteiger partial charge in [0.25, 0.3) is 5.91 Å². The lowest BCUT2D eigenvalue weighted by atomic mass is 9.62. The SMILES string of the molecule is COC1=NO[C@@]2(CCC[C@H](C)[C@@H](C)S(=O)(=O)NC(=O)c3ccc4c(c3)N(CCCCc3cc(Cl)ccc3CO4)C[C@@H]3CC[C@H]32)C1. The molecule has 2 bridgehead atoms. The molecule has 4 aliphatic rings. The predicted molar refractivity (Wildman–Crippen MR) is 175 cm³/mol. The molecule has 244 valence electrons. The summed E-state index contributed by atoms with van der Waals surface area (Å²) in [5.41, 5.74) is 2.88. The minimum atomic E-state index is -3.91. The molecule has 6 rings (SSSR count). The fraction of sp³-hybridized carbons (Fsp3) is 0.588. The van der Waals surface area contributed by atoms with E-state index in [1.54, 1.807) is 32.2 Å². The third-order valence-electron chi connectivity index (χ3n) is 10.6. The summed E-state index contributed by atoms with van der Waals surface area (Å²) in [7, 11) is -2.28. The summed E-state index contributed by atoms with van der Waals surface area (Å²) < 4.78 is 41.1. The number of benzene rings is 2. The number of methoxy groups -OCH3 is 1. The summed E-state index contributed by atoms with van der Waals surface area (Å²) in [5.74, 6) is 1.12. The maximum absolute atomic E-state index is 13.4. The van der Waals surface area contributed by atoms with Crippen LogP contribution < -0.4 is 14.4 Å². The van der Waals surface area contributed by atoms with Crippen LogP contribution in [-0.2, 0) is 32.6 Å². The van der Waals surface area contributed by atoms with Crippen molar-refractivity contribution in [1.29, 1.82) is 0 Å². The largest absolute Gasteiger partial charge is 0.487 e. The van der Waals surface area contributed by atoms with Crippen molar-refractivity contribution < 1.29 is 27.5 Å². The molecule has 2 aromatic rings. The first kappa shape index (κ1) is 32.0. The van der Waals surface area contributed by atoms with Gasteiger partial charge in [0, 0.05) is 29.6 Å². The van der Waals surface area contributed by atoms with Gasteiger partial charge >= 0.3 is 0 Å². The number of nitrogens with one attached hydrogen (secondary N) is 1. The summed E-state index contributed by atoms with van der Waals surface area (Å²) >= 11 is 6.35. The number of rotatable bonds is 0. The molecule has 0 aromatic heterocycles. The van der Waals surface area contributed by atoms with Crippen LogP contribution in [0.5, 0.6) is 5.75 Å². The van der Waals surface area contributed by atoms with Gasteiger partial charge in [0.15, 0.2) is 0 Å². The van der Waals surface area contributed by atoms with Crippen LogP contribution in [0.3, 0.4) is 0 Å². The Kier molecular flexibility index (Phi) is 9.26. The van der Waals surface area contributed by atoms with E-state index in [4.69, 9.17) is 25.9 Å². The van der Waals surface area contributed by atoms with E-state index in [-0.39, 0.29) is 11.8 Å². The lowest BCUT2D eigenvalue weighted by molar-refractivity contribution is -0.118. The fourth-order valence-corrected chi connectivity index (χ4v) is 8.98. The molecule has 9 nitrogen and oxygen atoms in total. The van der Waals surface area contributed by atoms with E-state index in [1.807, 2.05) is 25.1 Å². The molecule has 11 heteroatoms. The average Bonchev–Trinajstić information content (AvgIpc) is 3.40. The average molecular weight is 658 g/mol. The van der Waals surface area contributed by atoms with Crippen molar-refractivity contribution in [3.05, 3.63) is 58.1 Å². The van der Waals surface area contributed by atoms with Crippen LogP contribution in [0.15, 0.2) is 41.6 Å². The second kappa shape index (κ2) is 13.0. The number of aryl methyl sites for hydroxylation is 1. The Bertz CT molecular complexity index is 1560. The van der Waals surface area contributed by atoms with E-state index in [0.717, 1.165) is 69.3 Å². The summed E-state index contributed by atoms with van der Waals surface area (Å²) in [5, 5.41) is 4.29. The van der Waals surface area contributed by atoms with Crippen LogP contribution in [-0.4, -0.2) is 51.3 Å². The highest BCUT2D eigenvalue weighted by Gasteiger charge is 2.53. The zero-order valence-electron chi connectivity index (χ0n) is 26.4. The molecule has 1 aliphatic carbocycles. The zero-order valence-corrected chi connectivity index (χ0v) is 28.0. The fourth-order valence-electron chi connectivity index (χ4n) is 7.48. The number of halogens is 1. The highest BCUT2D eigenvalue weighted by atomic mass is 35.5. The van der Waals surface area contributed by atoms with Gasteiger partial charge in [-0.05, 0) is 112 Å². The Morgan fingerprint density at radius 1 is 1.07 bits per heavy atom. The number of carbonyl (C=O) groups is 1. The number of fused-ring (bicyclic) bond motifs is 4. The first-order valence-corrected chi connectivity index (χ1v) is 18.1. The van der Waals surface area contributed by atoms with Crippen LogP contribution in [0, 0.1) is 17.8 Å². The third-order valence-corrected chi connectivity index (χ3v) is 12.7. The Balaban J connectivity index is 1.39. The molecule has 2 aromatic carbocycles. The van der Waals surface area contributed by atoms with E-state index in [1.165, 1.54) is 5.56 Å². The normalized spacial score (nSPS) is 30.3. The molecule has 1 fully saturated rings. The van der Waals surface area contributed by atoms with Gasteiger partial charge in [-0.25, -0.2) is 13.1 Å². The van der Waals surface area contributed by atoms with Crippen molar-refractivity contribution in [3.63, 3.8) is 0 Å². The highest BCUT2D eigenvalue weighted by molar-refractivity contribution is 7.90. The minimum absolute atomic E-state index is 0.157. The van der Waals surface area contributed by atoms with Crippen molar-refractivity contribution in [3.8, 4) is 5.75 Å². The number of ether oxygens (including phenoxy) is 2. The molecule has 0 radical (unpaired) electrons. The van der Waals surface area contributed by atoms with Gasteiger partial charge in [-0.1, -0.05) is 29.7 Å². The standard InChI is InChI=1S/C34H44ClN3O6S/c1-22-7-6-15-34(19-32(42-3)36-44-34)29-13-10-26(29)20-38-16-5-4-8-24-17-28(35)12-9-27(24)21-43-31-14-11-25(18-30(31)38)33(39)37-45(40,41)23(22)2/h9,11-12,14,17-18,22-23,26,29H,4-8,10,13,15-16,19-21H2,1-3H3,(H,37,39)/t22-,23+,26-,29+,34-/m0/s1. The van der Waals surface area contributed by atoms with Gasteiger partial charge in [-0.15, -0.1) is 0 Å². The van der Waals surface area contributed by atoms with Crippen molar-refractivity contribution in [2.24, 2.45) is 22.9 Å². The molecule has 1 N–H and O–H groups in total. The number of sulfonamides is 1. The molecule has 1 saturated carbocycles. The first-order valence-electron chi connectivity index (χ1n) is 16.2. The number of nitrogens with zero attached hydrogens (tertiary/aromatic N) is 2. The Morgan fingerprint density at radius 3 is 2.67 bits per heavy atom. The van der Waals surface area contributed by atoms with Crippen molar-refractivity contribution in [1.82, 2.24) is 4.72 Å². The quantitative estimate of drug-likeness (QED) is 0.346. The lowest BCUT2D eigenvalue weighted by Gasteiger charge is -2.48. The summed E-state index contributed by atoms with van der Waals surface area (Å²) in [6, 6.07) is 11.2. The molecule has 45 heavy (non-hydrogen) atoms. The monoisotopic (exact) mass is 657 g/mol. The number of amides is 1. The van der Waals surface area contributed by atoms with Crippen molar-refractivity contribution in [2.45, 2.75) is 89.1 Å². The minimum Gasteiger partial charge on any atom is -0.487 e. The Hall–Kier alpha value is -2.98. The van der Waals surface area contributed by atoms with E-state index in [9.17, 15) is 13.2 Å². The van der Waals surface area contributed by atoms with Crippen LogP contribution in [0.1, 0.15) is 86.7 Å². The second-order valence-corrected chi connectivity index (χ2v) is 15.8. The zero-order chi connectivity index (χ0) is 31.8. The Morgan fingerprint density at radius 2 is 1.91 bits per heavy atom. The van der Waals surface area contributed by atoms with Gasteiger partial charge in [0.2, 0.25) is 15.9 Å². The maximum atomic E-state index is 13.4. The molecule has 3 aliphatic heterocycles. The predicted octanol–water partition coefficient (Wildman–Crippen LogP) is 6.48. The van der Waals surface area contributed by atoms with E-state index < -0.39 is 26.8 Å². The number of hydrogen-bond acceptors (Lipinski definition) is 8. The highest BCUT2D eigenvalue weighted by Crippen LogP contribution is 2.51. The van der Waals surface area contributed by atoms with Crippen molar-refractivity contribution >= 4 is 39.1 Å². The summed E-state index contributed by atoms with van der Waals surface area (Å²) in [6.45, 7) is 5.51. The third kappa shape index (κ3) is 6.64. The van der Waals surface area contributed by atoms with E-state index in [0.29, 0.717) is 47.6 Å². The molecular weight excluding hydrogens is 614 g/mol. The molecule has 5 atom stereocenters. The van der Waals surface area contributed by atoms with Crippen LogP contribution in [0.2, 0.25) is 5.02 Å². The molecule has 0 unspecified atom stereocenters. The molecule has 0 saturated heterocycles. The summed E-state index contributed by atoms with van der Waals surface area (Å²) in [4.78, 5) is 22.0. The Labute approximate surface area is 271 Å². The number of hydrogen-bond donors (Lipinski definition) is 1. The van der Waals surface area contributed by atoms with E-state index >= 15 is 0 Å². The number of anilines is 1.